The minimum atomic E-state index is -4.49. The highest BCUT2D eigenvalue weighted by Crippen LogP contribution is 2.31. The van der Waals surface area contributed by atoms with Crippen LogP contribution < -0.4 is 10.1 Å². The third-order valence-corrected chi connectivity index (χ3v) is 4.86. The van der Waals surface area contributed by atoms with Gasteiger partial charge in [0.05, 0.1) is 16.8 Å². The van der Waals surface area contributed by atoms with E-state index in [0.717, 1.165) is 37.8 Å². The first kappa shape index (κ1) is 21.7. The van der Waals surface area contributed by atoms with Gasteiger partial charge in [0.25, 0.3) is 11.8 Å². The number of para-hydroxylation sites is 1. The van der Waals surface area contributed by atoms with E-state index in [2.05, 4.69) is 5.32 Å². The summed E-state index contributed by atoms with van der Waals surface area (Å²) in [6.07, 6.45) is -0.408. The van der Waals surface area contributed by atoms with E-state index in [9.17, 15) is 22.8 Å². The molecule has 2 aromatic rings. The molecule has 8 heteroatoms. The van der Waals surface area contributed by atoms with Crippen LogP contribution in [-0.2, 0) is 11.0 Å². The maximum atomic E-state index is 12.9. The second-order valence-electron chi connectivity index (χ2n) is 7.11. The van der Waals surface area contributed by atoms with Crippen LogP contribution in [0.15, 0.2) is 48.5 Å². The highest BCUT2D eigenvalue weighted by molar-refractivity contribution is 6.04. The lowest BCUT2D eigenvalue weighted by Gasteiger charge is -2.22. The van der Waals surface area contributed by atoms with Crippen LogP contribution in [0.25, 0.3) is 0 Å². The number of nitrogens with one attached hydrogen (secondary N) is 1. The number of amides is 2. The number of carbonyl (C=O) groups excluding carboxylic acids is 2. The lowest BCUT2D eigenvalue weighted by molar-refractivity contribution is -0.137. The molecule has 0 aromatic heterocycles. The number of rotatable bonds is 5. The Hall–Kier alpha value is -3.03. The lowest BCUT2D eigenvalue weighted by atomic mass is 10.1. The molecule has 3 rings (SSSR count). The van der Waals surface area contributed by atoms with E-state index in [1.54, 1.807) is 29.2 Å². The van der Waals surface area contributed by atoms with Gasteiger partial charge in [-0.25, -0.2) is 0 Å². The highest BCUT2D eigenvalue weighted by Gasteiger charge is 2.30. The zero-order valence-electron chi connectivity index (χ0n) is 16.4. The second kappa shape index (κ2) is 9.65. The topological polar surface area (TPSA) is 58.6 Å². The fraction of sp³-hybridized carbons (Fsp3) is 0.364. The summed E-state index contributed by atoms with van der Waals surface area (Å²) >= 11 is 0. The van der Waals surface area contributed by atoms with Crippen molar-refractivity contribution in [2.45, 2.75) is 31.9 Å². The molecule has 0 radical (unpaired) electrons. The van der Waals surface area contributed by atoms with Crippen molar-refractivity contribution in [2.24, 2.45) is 0 Å². The molecule has 0 aliphatic carbocycles. The van der Waals surface area contributed by atoms with Crippen LogP contribution in [0, 0.1) is 0 Å². The van der Waals surface area contributed by atoms with E-state index in [4.69, 9.17) is 4.74 Å². The fourth-order valence-electron chi connectivity index (χ4n) is 3.32. The molecule has 1 N–H and O–H groups in total. The van der Waals surface area contributed by atoms with Crippen LogP contribution in [0.4, 0.5) is 18.9 Å². The summed E-state index contributed by atoms with van der Waals surface area (Å²) < 4.78 is 43.5. The minimum absolute atomic E-state index is 0.0612. The molecule has 1 heterocycles. The van der Waals surface area contributed by atoms with Crippen LogP contribution in [0.5, 0.6) is 5.75 Å². The average molecular weight is 420 g/mol. The molecule has 0 bridgehead atoms. The summed E-state index contributed by atoms with van der Waals surface area (Å²) in [4.78, 5) is 27.0. The van der Waals surface area contributed by atoms with Crippen LogP contribution in [0.1, 0.15) is 41.6 Å². The van der Waals surface area contributed by atoms with Gasteiger partial charge in [-0.1, -0.05) is 31.0 Å². The molecular weight excluding hydrogens is 397 g/mol. The Morgan fingerprint density at radius 3 is 2.37 bits per heavy atom. The van der Waals surface area contributed by atoms with Crippen molar-refractivity contribution >= 4 is 17.5 Å². The van der Waals surface area contributed by atoms with E-state index >= 15 is 0 Å². The fourth-order valence-corrected chi connectivity index (χ4v) is 3.32. The Labute approximate surface area is 172 Å². The minimum Gasteiger partial charge on any atom is -0.484 e. The smallest absolute Gasteiger partial charge is 0.416 e. The van der Waals surface area contributed by atoms with Gasteiger partial charge in [0, 0.05) is 13.1 Å². The van der Waals surface area contributed by atoms with Gasteiger partial charge >= 0.3 is 6.18 Å². The van der Waals surface area contributed by atoms with E-state index in [0.29, 0.717) is 24.3 Å². The normalized spacial score (nSPS) is 14.7. The Kier molecular flexibility index (Phi) is 6.97. The van der Waals surface area contributed by atoms with Gasteiger partial charge in [0.2, 0.25) is 0 Å². The molecular formula is C22H23F3N2O3. The predicted molar refractivity (Wildman–Crippen MR) is 106 cm³/mol. The number of hydrogen-bond donors (Lipinski definition) is 1. The van der Waals surface area contributed by atoms with Crippen LogP contribution in [0.3, 0.4) is 0 Å². The van der Waals surface area contributed by atoms with E-state index < -0.39 is 24.3 Å². The zero-order valence-corrected chi connectivity index (χ0v) is 16.4. The molecule has 0 atom stereocenters. The molecule has 1 aliphatic rings. The molecule has 5 nitrogen and oxygen atoms in total. The molecule has 0 spiro atoms. The standard InChI is InChI=1S/C22H23F3N2O3/c23-22(24,25)16-8-7-9-17(14-16)30-15-20(28)26-19-11-4-3-10-18(19)21(29)27-12-5-1-2-6-13-27/h3-4,7-11,14H,1-2,5-6,12-13,15H2,(H,26,28). The molecule has 1 aliphatic heterocycles. The summed E-state index contributed by atoms with van der Waals surface area (Å²) in [5.74, 6) is -0.774. The van der Waals surface area contributed by atoms with Gasteiger partial charge in [-0.05, 0) is 43.2 Å². The van der Waals surface area contributed by atoms with Crippen molar-refractivity contribution in [1.82, 2.24) is 4.90 Å². The summed E-state index contributed by atoms with van der Waals surface area (Å²) in [5.41, 5.74) is -0.120. The second-order valence-corrected chi connectivity index (χ2v) is 7.11. The average Bonchev–Trinajstić information content (AvgIpc) is 3.01. The zero-order chi connectivity index (χ0) is 21.6. The Balaban J connectivity index is 1.64. The molecule has 1 fully saturated rings. The molecule has 160 valence electrons. The third kappa shape index (κ3) is 5.75. The van der Waals surface area contributed by atoms with E-state index in [1.807, 2.05) is 0 Å². The first-order chi connectivity index (χ1) is 14.3. The number of likely N-dealkylation sites (tertiary alicyclic amines) is 1. The number of alkyl halides is 3. The number of carbonyl (C=O) groups is 2. The molecule has 0 unspecified atom stereocenters. The first-order valence-corrected chi connectivity index (χ1v) is 9.83. The molecule has 0 saturated carbocycles. The van der Waals surface area contributed by atoms with Crippen molar-refractivity contribution in [3.63, 3.8) is 0 Å². The number of ether oxygens (including phenoxy) is 1. The third-order valence-electron chi connectivity index (χ3n) is 4.86. The Bertz CT molecular complexity index is 891. The quantitative estimate of drug-likeness (QED) is 0.760. The SMILES string of the molecule is O=C(COc1cccc(C(F)(F)F)c1)Nc1ccccc1C(=O)N1CCCCCC1. The molecule has 2 amide bonds. The monoisotopic (exact) mass is 420 g/mol. The van der Waals surface area contributed by atoms with Gasteiger partial charge in [-0.3, -0.25) is 9.59 Å². The Morgan fingerprint density at radius 2 is 1.67 bits per heavy atom. The predicted octanol–water partition coefficient (Wildman–Crippen LogP) is 4.74. The summed E-state index contributed by atoms with van der Waals surface area (Å²) in [5, 5.41) is 2.63. The maximum absolute atomic E-state index is 12.9. The number of hydrogen-bond acceptors (Lipinski definition) is 3. The molecule has 30 heavy (non-hydrogen) atoms. The number of halogens is 3. The van der Waals surface area contributed by atoms with E-state index in [1.165, 1.54) is 12.1 Å². The number of benzene rings is 2. The first-order valence-electron chi connectivity index (χ1n) is 9.83. The van der Waals surface area contributed by atoms with Crippen molar-refractivity contribution in [1.29, 1.82) is 0 Å². The lowest BCUT2D eigenvalue weighted by Crippen LogP contribution is -2.33. The van der Waals surface area contributed by atoms with Gasteiger partial charge in [0.1, 0.15) is 5.75 Å². The molecule has 2 aromatic carbocycles. The van der Waals surface area contributed by atoms with E-state index in [-0.39, 0.29) is 11.7 Å². The number of nitrogens with zero attached hydrogens (tertiary/aromatic N) is 1. The summed E-state index contributed by atoms with van der Waals surface area (Å²) in [6.45, 7) is 0.882. The Morgan fingerprint density at radius 1 is 0.967 bits per heavy atom. The van der Waals surface area contributed by atoms with Crippen molar-refractivity contribution in [3.05, 3.63) is 59.7 Å². The van der Waals surface area contributed by atoms with Crippen LogP contribution >= 0.6 is 0 Å². The van der Waals surface area contributed by atoms with Crippen LogP contribution in [-0.4, -0.2) is 36.4 Å². The van der Waals surface area contributed by atoms with Crippen LogP contribution in [0.2, 0.25) is 0 Å². The van der Waals surface area contributed by atoms with Crippen molar-refractivity contribution in [2.75, 3.05) is 25.0 Å². The number of anilines is 1. The van der Waals surface area contributed by atoms with Crippen molar-refractivity contribution in [3.8, 4) is 5.75 Å². The van der Waals surface area contributed by atoms with Gasteiger partial charge in [0.15, 0.2) is 6.61 Å². The summed E-state index contributed by atoms with van der Waals surface area (Å²) in [6, 6.07) is 11.0. The van der Waals surface area contributed by atoms with Crippen molar-refractivity contribution < 1.29 is 27.5 Å². The van der Waals surface area contributed by atoms with Gasteiger partial charge < -0.3 is 15.0 Å². The maximum Gasteiger partial charge on any atom is 0.416 e. The van der Waals surface area contributed by atoms with Gasteiger partial charge in [-0.2, -0.15) is 13.2 Å². The largest absolute Gasteiger partial charge is 0.484 e. The highest BCUT2D eigenvalue weighted by atomic mass is 19.4. The van der Waals surface area contributed by atoms with Gasteiger partial charge in [-0.15, -0.1) is 0 Å². The molecule has 1 saturated heterocycles. The summed E-state index contributed by atoms with van der Waals surface area (Å²) in [7, 11) is 0.